The summed E-state index contributed by atoms with van der Waals surface area (Å²) in [5, 5.41) is 0. The molecular formula is C11H11BrN2OS. The number of benzene rings is 1. The molecule has 0 bridgehead atoms. The number of ether oxygens (including phenoxy) is 1. The molecule has 1 aromatic carbocycles. The first kappa shape index (κ1) is 11.4. The summed E-state index contributed by atoms with van der Waals surface area (Å²) in [6.45, 7) is 2.00. The van der Waals surface area contributed by atoms with E-state index in [1.165, 1.54) is 0 Å². The van der Waals surface area contributed by atoms with Crippen LogP contribution >= 0.6 is 28.1 Å². The first-order chi connectivity index (χ1) is 7.63. The lowest BCUT2D eigenvalue weighted by molar-refractivity contribution is 0.414. The maximum atomic E-state index is 5.24. The second-order valence-electron chi connectivity index (χ2n) is 3.39. The van der Waals surface area contributed by atoms with Crippen LogP contribution in [0, 0.1) is 11.7 Å². The van der Waals surface area contributed by atoms with Gasteiger partial charge in [-0.15, -0.1) is 0 Å². The largest absolute Gasteiger partial charge is 0.497 e. The number of hydrogen-bond donors (Lipinski definition) is 1. The molecule has 84 valence electrons. The number of hydrogen-bond acceptors (Lipinski definition) is 2. The van der Waals surface area contributed by atoms with Crippen LogP contribution in [0.2, 0.25) is 0 Å². The smallest absolute Gasteiger partial charge is 0.182 e. The molecule has 16 heavy (non-hydrogen) atoms. The van der Waals surface area contributed by atoms with Crippen LogP contribution in [0.25, 0.3) is 5.69 Å². The summed E-state index contributed by atoms with van der Waals surface area (Å²) < 4.78 is 8.82. The lowest BCUT2D eigenvalue weighted by atomic mass is 10.3. The first-order valence-electron chi connectivity index (χ1n) is 4.74. The van der Waals surface area contributed by atoms with Crippen LogP contribution in [0.5, 0.6) is 5.75 Å². The van der Waals surface area contributed by atoms with E-state index < -0.39 is 0 Å². The van der Waals surface area contributed by atoms with E-state index in [0.29, 0.717) is 4.77 Å². The van der Waals surface area contributed by atoms with E-state index in [4.69, 9.17) is 17.0 Å². The number of H-pyrrole nitrogens is 1. The molecule has 0 spiro atoms. The Morgan fingerprint density at radius 1 is 1.44 bits per heavy atom. The summed E-state index contributed by atoms with van der Waals surface area (Å²) in [5.74, 6) is 0.806. The summed E-state index contributed by atoms with van der Waals surface area (Å²) in [7, 11) is 1.65. The van der Waals surface area contributed by atoms with Crippen molar-refractivity contribution in [1.29, 1.82) is 0 Å². The fraction of sp³-hybridized carbons (Fsp3) is 0.182. The molecule has 1 aromatic heterocycles. The van der Waals surface area contributed by atoms with E-state index in [0.717, 1.165) is 21.6 Å². The molecule has 0 amide bonds. The highest BCUT2D eigenvalue weighted by Crippen LogP contribution is 2.27. The molecule has 0 radical (unpaired) electrons. The predicted molar refractivity (Wildman–Crippen MR) is 69.9 cm³/mol. The predicted octanol–water partition coefficient (Wildman–Crippen LogP) is 3.61. The summed E-state index contributed by atoms with van der Waals surface area (Å²) in [6, 6.07) is 5.79. The van der Waals surface area contributed by atoms with Crippen LogP contribution in [0.4, 0.5) is 0 Å². The fourth-order valence-corrected chi connectivity index (χ4v) is 2.27. The van der Waals surface area contributed by atoms with E-state index in [9.17, 15) is 0 Å². The van der Waals surface area contributed by atoms with Crippen LogP contribution in [-0.2, 0) is 0 Å². The topological polar surface area (TPSA) is 29.9 Å². The van der Waals surface area contributed by atoms with E-state index in [2.05, 4.69) is 20.9 Å². The van der Waals surface area contributed by atoms with Gasteiger partial charge in [0.15, 0.2) is 4.77 Å². The lowest BCUT2D eigenvalue weighted by Gasteiger charge is -2.09. The van der Waals surface area contributed by atoms with E-state index >= 15 is 0 Å². The van der Waals surface area contributed by atoms with Gasteiger partial charge in [0.2, 0.25) is 0 Å². The monoisotopic (exact) mass is 298 g/mol. The van der Waals surface area contributed by atoms with Crippen molar-refractivity contribution in [3.8, 4) is 11.4 Å². The zero-order valence-electron chi connectivity index (χ0n) is 8.95. The number of halogens is 1. The second-order valence-corrected chi connectivity index (χ2v) is 4.63. The Bertz CT molecular complexity index is 574. The third-order valence-electron chi connectivity index (χ3n) is 2.35. The zero-order chi connectivity index (χ0) is 11.7. The molecule has 0 aliphatic heterocycles. The highest BCUT2D eigenvalue weighted by molar-refractivity contribution is 9.10. The summed E-state index contributed by atoms with van der Waals surface area (Å²) in [5.41, 5.74) is 2.03. The average molecular weight is 299 g/mol. The van der Waals surface area contributed by atoms with Crippen LogP contribution in [0.1, 0.15) is 5.69 Å². The van der Waals surface area contributed by atoms with Crippen LogP contribution < -0.4 is 4.74 Å². The van der Waals surface area contributed by atoms with Crippen LogP contribution in [-0.4, -0.2) is 16.7 Å². The van der Waals surface area contributed by atoms with Gasteiger partial charge >= 0.3 is 0 Å². The van der Waals surface area contributed by atoms with Gasteiger partial charge in [0.05, 0.1) is 12.8 Å². The second kappa shape index (κ2) is 4.43. The number of rotatable bonds is 2. The molecule has 5 heteroatoms. The molecule has 0 saturated heterocycles. The van der Waals surface area contributed by atoms with Gasteiger partial charge in [-0.3, -0.25) is 4.57 Å². The number of aryl methyl sites for hydroxylation is 1. The molecule has 3 nitrogen and oxygen atoms in total. The van der Waals surface area contributed by atoms with Gasteiger partial charge < -0.3 is 9.72 Å². The molecule has 1 heterocycles. The Balaban J connectivity index is 2.68. The lowest BCUT2D eigenvalue weighted by Crippen LogP contribution is -1.98. The number of nitrogens with zero attached hydrogens (tertiary/aromatic N) is 1. The highest BCUT2D eigenvalue weighted by Gasteiger charge is 2.07. The standard InChI is InChI=1S/C11H11BrN2OS/c1-7-6-13-11(16)14(7)10-5-8(15-2)3-4-9(10)12/h3-6H,1-2H3,(H,13,16). The normalized spacial score (nSPS) is 10.4. The summed E-state index contributed by atoms with van der Waals surface area (Å²) in [4.78, 5) is 3.02. The number of nitrogens with one attached hydrogen (secondary N) is 1. The SMILES string of the molecule is COc1ccc(Br)c(-n2c(C)c[nH]c2=S)c1. The number of aromatic amines is 1. The molecule has 2 aromatic rings. The minimum atomic E-state index is 0.673. The van der Waals surface area contributed by atoms with Crippen molar-refractivity contribution in [3.63, 3.8) is 0 Å². The molecule has 0 unspecified atom stereocenters. The Kier molecular flexibility index (Phi) is 3.16. The minimum Gasteiger partial charge on any atom is -0.497 e. The van der Waals surface area contributed by atoms with Crippen molar-refractivity contribution in [2.24, 2.45) is 0 Å². The minimum absolute atomic E-state index is 0.673. The Labute approximate surface area is 107 Å². The molecule has 0 saturated carbocycles. The molecule has 0 aliphatic carbocycles. The number of methoxy groups -OCH3 is 1. The maximum Gasteiger partial charge on any atom is 0.182 e. The van der Waals surface area contributed by atoms with Gasteiger partial charge in [0.25, 0.3) is 0 Å². The van der Waals surface area contributed by atoms with Crippen molar-refractivity contribution in [2.75, 3.05) is 7.11 Å². The van der Waals surface area contributed by atoms with Gasteiger partial charge in [-0.25, -0.2) is 0 Å². The van der Waals surface area contributed by atoms with Gasteiger partial charge in [-0.1, -0.05) is 0 Å². The third-order valence-corrected chi connectivity index (χ3v) is 3.33. The quantitative estimate of drug-likeness (QED) is 0.858. The highest BCUT2D eigenvalue weighted by atomic mass is 79.9. The molecule has 0 atom stereocenters. The third kappa shape index (κ3) is 1.92. The molecule has 0 aliphatic rings. The maximum absolute atomic E-state index is 5.24. The number of aromatic nitrogens is 2. The van der Waals surface area contributed by atoms with E-state index in [1.807, 2.05) is 35.9 Å². The van der Waals surface area contributed by atoms with Gasteiger partial charge in [0, 0.05) is 22.4 Å². The van der Waals surface area contributed by atoms with Gasteiger partial charge in [-0.05, 0) is 47.2 Å². The van der Waals surface area contributed by atoms with Gasteiger partial charge in [0.1, 0.15) is 5.75 Å². The fourth-order valence-electron chi connectivity index (χ4n) is 1.55. The van der Waals surface area contributed by atoms with Crippen molar-refractivity contribution in [1.82, 2.24) is 9.55 Å². The van der Waals surface area contributed by atoms with E-state index in [-0.39, 0.29) is 0 Å². The molecule has 2 rings (SSSR count). The molecular weight excluding hydrogens is 288 g/mol. The van der Waals surface area contributed by atoms with E-state index in [1.54, 1.807) is 7.11 Å². The van der Waals surface area contributed by atoms with Gasteiger partial charge in [-0.2, -0.15) is 0 Å². The molecule has 1 N–H and O–H groups in total. The summed E-state index contributed by atoms with van der Waals surface area (Å²) >= 11 is 8.75. The Morgan fingerprint density at radius 2 is 2.19 bits per heavy atom. The zero-order valence-corrected chi connectivity index (χ0v) is 11.4. The van der Waals surface area contributed by atoms with Crippen molar-refractivity contribution in [3.05, 3.63) is 39.3 Å². The van der Waals surface area contributed by atoms with Crippen LogP contribution in [0.15, 0.2) is 28.9 Å². The average Bonchev–Trinajstić information content (AvgIpc) is 2.60. The first-order valence-corrected chi connectivity index (χ1v) is 5.94. The van der Waals surface area contributed by atoms with Crippen molar-refractivity contribution < 1.29 is 4.74 Å². The summed E-state index contributed by atoms with van der Waals surface area (Å²) in [6.07, 6.45) is 1.88. The van der Waals surface area contributed by atoms with Crippen LogP contribution in [0.3, 0.4) is 0 Å². The number of imidazole rings is 1. The Hall–Kier alpha value is -1.07. The molecule has 0 fully saturated rings. The van der Waals surface area contributed by atoms with Crippen molar-refractivity contribution in [2.45, 2.75) is 6.92 Å². The van der Waals surface area contributed by atoms with Crippen molar-refractivity contribution >= 4 is 28.1 Å². The Morgan fingerprint density at radius 3 is 2.75 bits per heavy atom.